The van der Waals surface area contributed by atoms with Gasteiger partial charge in [0.25, 0.3) is 5.91 Å². The fourth-order valence-electron chi connectivity index (χ4n) is 2.19. The van der Waals surface area contributed by atoms with Crippen molar-refractivity contribution in [2.75, 3.05) is 13.2 Å². The molecule has 5 nitrogen and oxygen atoms in total. The molecule has 0 saturated carbocycles. The first-order valence-corrected chi connectivity index (χ1v) is 7.87. The van der Waals surface area contributed by atoms with E-state index in [1.807, 2.05) is 29.6 Å². The molecule has 116 valence electrons. The lowest BCUT2D eigenvalue weighted by Crippen LogP contribution is -2.47. The monoisotopic (exact) mass is 319 g/mol. The first-order chi connectivity index (χ1) is 10.6. The zero-order valence-corrected chi connectivity index (χ0v) is 12.9. The molecule has 22 heavy (non-hydrogen) atoms. The minimum atomic E-state index is -1.10. The Labute approximate surface area is 132 Å². The molecule has 1 aliphatic heterocycles. The Morgan fingerprint density at radius 2 is 2.14 bits per heavy atom. The van der Waals surface area contributed by atoms with E-state index in [-0.39, 0.29) is 19.1 Å². The molecule has 0 unspecified atom stereocenters. The molecule has 0 aliphatic carbocycles. The molecule has 3 rings (SSSR count). The lowest BCUT2D eigenvalue weighted by Gasteiger charge is -2.27. The van der Waals surface area contributed by atoms with Gasteiger partial charge in [0.05, 0.1) is 6.54 Å². The van der Waals surface area contributed by atoms with Gasteiger partial charge in [-0.15, -0.1) is 11.3 Å². The molecule has 2 atom stereocenters. The normalized spacial score (nSPS) is 19.3. The molecule has 0 saturated heterocycles. The molecule has 1 amide bonds. The Hall–Kier alpha value is -2.05. The van der Waals surface area contributed by atoms with Crippen LogP contribution in [0.4, 0.5) is 0 Å². The van der Waals surface area contributed by atoms with Crippen LogP contribution in [0.1, 0.15) is 11.8 Å². The van der Waals surface area contributed by atoms with Gasteiger partial charge in [-0.25, -0.2) is 0 Å². The van der Waals surface area contributed by atoms with Gasteiger partial charge in [-0.2, -0.15) is 0 Å². The maximum Gasteiger partial charge on any atom is 0.264 e. The topological polar surface area (TPSA) is 67.8 Å². The van der Waals surface area contributed by atoms with E-state index in [4.69, 9.17) is 9.47 Å². The third kappa shape index (κ3) is 3.08. The fourth-order valence-corrected chi connectivity index (χ4v) is 2.98. The molecule has 1 aromatic carbocycles. The highest BCUT2D eigenvalue weighted by Crippen LogP contribution is 2.31. The van der Waals surface area contributed by atoms with E-state index in [1.165, 1.54) is 11.3 Å². The lowest BCUT2D eigenvalue weighted by molar-refractivity contribution is -0.131. The van der Waals surface area contributed by atoms with Crippen LogP contribution in [0, 0.1) is 0 Å². The number of hydrogen-bond donors (Lipinski definition) is 2. The molecule has 2 heterocycles. The summed E-state index contributed by atoms with van der Waals surface area (Å²) in [6.07, 6.45) is -0.714. The predicted octanol–water partition coefficient (Wildman–Crippen LogP) is 1.91. The van der Waals surface area contributed by atoms with Crippen LogP contribution in [0.2, 0.25) is 0 Å². The second kappa shape index (κ2) is 5.98. The van der Waals surface area contributed by atoms with Crippen molar-refractivity contribution < 1.29 is 19.4 Å². The van der Waals surface area contributed by atoms with Crippen LogP contribution in [-0.2, 0) is 10.4 Å². The van der Waals surface area contributed by atoms with Crippen molar-refractivity contribution in [3.63, 3.8) is 0 Å². The third-order valence-corrected chi connectivity index (χ3v) is 4.58. The minimum absolute atomic E-state index is 0.119. The Kier molecular flexibility index (Phi) is 4.04. The van der Waals surface area contributed by atoms with Crippen molar-refractivity contribution in [2.24, 2.45) is 0 Å². The van der Waals surface area contributed by atoms with E-state index >= 15 is 0 Å². The smallest absolute Gasteiger partial charge is 0.264 e. The highest BCUT2D eigenvalue weighted by atomic mass is 32.1. The van der Waals surface area contributed by atoms with Crippen molar-refractivity contribution in [3.05, 3.63) is 46.7 Å². The van der Waals surface area contributed by atoms with Gasteiger partial charge in [0.2, 0.25) is 6.10 Å². The van der Waals surface area contributed by atoms with Crippen LogP contribution in [-0.4, -0.2) is 30.3 Å². The molecule has 6 heteroatoms. The van der Waals surface area contributed by atoms with Crippen molar-refractivity contribution in [3.8, 4) is 11.5 Å². The van der Waals surface area contributed by atoms with Gasteiger partial charge < -0.3 is 19.9 Å². The minimum Gasteiger partial charge on any atom is -0.485 e. The molecule has 2 N–H and O–H groups in total. The summed E-state index contributed by atoms with van der Waals surface area (Å²) in [6, 6.07) is 10.9. The Morgan fingerprint density at radius 3 is 2.86 bits per heavy atom. The van der Waals surface area contributed by atoms with Gasteiger partial charge in [-0.3, -0.25) is 4.79 Å². The Balaban J connectivity index is 1.59. The van der Waals surface area contributed by atoms with Gasteiger partial charge in [0.1, 0.15) is 12.2 Å². The van der Waals surface area contributed by atoms with Crippen molar-refractivity contribution in [2.45, 2.75) is 18.6 Å². The zero-order valence-electron chi connectivity index (χ0n) is 12.1. The first kappa shape index (κ1) is 14.9. The maximum absolute atomic E-state index is 12.2. The predicted molar refractivity (Wildman–Crippen MR) is 83.3 cm³/mol. The number of aliphatic hydroxyl groups is 1. The molecule has 1 aromatic heterocycles. The average Bonchev–Trinajstić information content (AvgIpc) is 3.07. The second-order valence-corrected chi connectivity index (χ2v) is 6.28. The van der Waals surface area contributed by atoms with E-state index in [0.717, 1.165) is 4.88 Å². The lowest BCUT2D eigenvalue weighted by atomic mass is 10.1. The summed E-state index contributed by atoms with van der Waals surface area (Å²) in [6.45, 7) is 1.95. The van der Waals surface area contributed by atoms with Crippen LogP contribution in [0.3, 0.4) is 0 Å². The van der Waals surface area contributed by atoms with Crippen LogP contribution in [0.25, 0.3) is 0 Å². The van der Waals surface area contributed by atoms with Gasteiger partial charge in [-0.05, 0) is 30.5 Å². The number of thiophene rings is 1. The number of rotatable bonds is 4. The van der Waals surface area contributed by atoms with Crippen molar-refractivity contribution in [1.29, 1.82) is 0 Å². The quantitative estimate of drug-likeness (QED) is 0.903. The molecule has 0 fully saturated rings. The fraction of sp³-hybridized carbons (Fsp3) is 0.312. The average molecular weight is 319 g/mol. The summed E-state index contributed by atoms with van der Waals surface area (Å²) in [4.78, 5) is 13.0. The van der Waals surface area contributed by atoms with Gasteiger partial charge in [0.15, 0.2) is 11.5 Å². The molecule has 0 spiro atoms. The highest BCUT2D eigenvalue weighted by Gasteiger charge is 2.30. The molecule has 0 bridgehead atoms. The summed E-state index contributed by atoms with van der Waals surface area (Å²) in [5, 5.41) is 15.0. The summed E-state index contributed by atoms with van der Waals surface area (Å²) in [5.41, 5.74) is -1.10. The van der Waals surface area contributed by atoms with E-state index in [1.54, 1.807) is 19.1 Å². The number of fused-ring (bicyclic) bond motifs is 1. The molecular weight excluding hydrogens is 302 g/mol. The number of benzene rings is 1. The first-order valence-electron chi connectivity index (χ1n) is 6.99. The molecule has 1 aliphatic rings. The number of para-hydroxylation sites is 2. The van der Waals surface area contributed by atoms with Crippen LogP contribution >= 0.6 is 11.3 Å². The maximum atomic E-state index is 12.2. The van der Waals surface area contributed by atoms with Crippen molar-refractivity contribution in [1.82, 2.24) is 5.32 Å². The van der Waals surface area contributed by atoms with E-state index in [0.29, 0.717) is 11.5 Å². The SMILES string of the molecule is C[C@@](O)(CNC(=O)[C@@H]1COc2ccccc2O1)c1cccs1. The third-order valence-electron chi connectivity index (χ3n) is 3.46. The Morgan fingerprint density at radius 1 is 1.36 bits per heavy atom. The summed E-state index contributed by atoms with van der Waals surface area (Å²) in [5.74, 6) is 0.891. The van der Waals surface area contributed by atoms with Crippen molar-refractivity contribution >= 4 is 17.2 Å². The van der Waals surface area contributed by atoms with Gasteiger partial charge >= 0.3 is 0 Å². The number of carbonyl (C=O) groups is 1. The molecular formula is C16H17NO4S. The molecule has 0 radical (unpaired) electrons. The van der Waals surface area contributed by atoms with Crippen LogP contribution in [0.5, 0.6) is 11.5 Å². The highest BCUT2D eigenvalue weighted by molar-refractivity contribution is 7.10. The largest absolute Gasteiger partial charge is 0.485 e. The number of hydrogen-bond acceptors (Lipinski definition) is 5. The van der Waals surface area contributed by atoms with Crippen LogP contribution in [0.15, 0.2) is 41.8 Å². The number of ether oxygens (including phenoxy) is 2. The summed E-state index contributed by atoms with van der Waals surface area (Å²) >= 11 is 1.45. The standard InChI is InChI=1S/C16H17NO4S/c1-16(19,14-7-4-8-22-14)10-17-15(18)13-9-20-11-5-2-3-6-12(11)21-13/h2-8,13,19H,9-10H2,1H3,(H,17,18)/t13-,16+/m0/s1. The van der Waals surface area contributed by atoms with E-state index in [9.17, 15) is 9.90 Å². The molecule has 2 aromatic rings. The van der Waals surface area contributed by atoms with Gasteiger partial charge in [0, 0.05) is 4.88 Å². The van der Waals surface area contributed by atoms with Crippen LogP contribution < -0.4 is 14.8 Å². The number of carbonyl (C=O) groups excluding carboxylic acids is 1. The van der Waals surface area contributed by atoms with Gasteiger partial charge in [-0.1, -0.05) is 18.2 Å². The number of nitrogens with one attached hydrogen (secondary N) is 1. The zero-order chi connectivity index (χ0) is 15.6. The summed E-state index contributed by atoms with van der Waals surface area (Å²) < 4.78 is 11.1. The number of amides is 1. The summed E-state index contributed by atoms with van der Waals surface area (Å²) in [7, 11) is 0. The van der Waals surface area contributed by atoms with E-state index < -0.39 is 11.7 Å². The Bertz CT molecular complexity index is 654. The van der Waals surface area contributed by atoms with E-state index in [2.05, 4.69) is 5.32 Å². The second-order valence-electron chi connectivity index (χ2n) is 5.33.